The second kappa shape index (κ2) is 3.97. The molecule has 0 saturated heterocycles. The van der Waals surface area contributed by atoms with Crippen LogP contribution in [-0.2, 0) is 4.43 Å². The van der Waals surface area contributed by atoms with E-state index in [0.29, 0.717) is 6.42 Å². The van der Waals surface area contributed by atoms with Crippen molar-refractivity contribution in [2.75, 3.05) is 0 Å². The van der Waals surface area contributed by atoms with E-state index in [1.54, 1.807) is 0 Å². The van der Waals surface area contributed by atoms with Crippen molar-refractivity contribution in [1.29, 1.82) is 0 Å². The van der Waals surface area contributed by atoms with Gasteiger partial charge in [0.1, 0.15) is 0 Å². The highest BCUT2D eigenvalue weighted by atomic mass is 28.5. The third kappa shape index (κ3) is 6.09. The Morgan fingerprint density at radius 1 is 1.40 bits per heavy atom. The maximum Gasteiger partial charge on any atom is 0.802 e. The van der Waals surface area contributed by atoms with Gasteiger partial charge in [-0.25, -0.2) is 12.3 Å². The van der Waals surface area contributed by atoms with Crippen LogP contribution in [0.15, 0.2) is 0 Å². The van der Waals surface area contributed by atoms with Crippen LogP contribution in [0, 0.1) is 0 Å². The Kier molecular flexibility index (Phi) is 3.96. The number of rotatable bonds is 4. The Labute approximate surface area is 59.8 Å². The summed E-state index contributed by atoms with van der Waals surface area (Å²) in [5, 5.41) is 0. The summed E-state index contributed by atoms with van der Waals surface area (Å²) in [4.78, 5) is 0. The largest absolute Gasteiger partial charge is 0.802 e. The number of halogens is 3. The summed E-state index contributed by atoms with van der Waals surface area (Å²) in [6, 6.07) is 0. The van der Waals surface area contributed by atoms with Crippen molar-refractivity contribution in [2.24, 2.45) is 0 Å². The van der Waals surface area contributed by atoms with E-state index in [0.717, 1.165) is 6.42 Å². The first-order valence-electron chi connectivity index (χ1n) is 3.20. The summed E-state index contributed by atoms with van der Waals surface area (Å²) in [6.45, 7) is 3.28. The van der Waals surface area contributed by atoms with Gasteiger partial charge in [0.15, 0.2) is 0 Å². The molecule has 0 aliphatic rings. The highest BCUT2D eigenvalue weighted by Gasteiger charge is 2.43. The molecule has 0 heterocycles. The minimum Gasteiger partial charge on any atom is -0.339 e. The number of hydrogen-bond donors (Lipinski definition) is 0. The van der Waals surface area contributed by atoms with Gasteiger partial charge in [0.25, 0.3) is 0 Å². The Hall–Kier alpha value is -0.0331. The molecule has 0 fully saturated rings. The lowest BCUT2D eigenvalue weighted by atomic mass is 10.2. The molecule has 0 aromatic rings. The van der Waals surface area contributed by atoms with Gasteiger partial charge in [-0.2, -0.15) is 0 Å². The van der Waals surface area contributed by atoms with Crippen molar-refractivity contribution in [3.63, 3.8) is 0 Å². The molecular formula is C5H11F3OSi. The molecule has 0 amide bonds. The van der Waals surface area contributed by atoms with Gasteiger partial charge < -0.3 is 4.43 Å². The van der Waals surface area contributed by atoms with E-state index in [4.69, 9.17) is 0 Å². The fourth-order valence-corrected chi connectivity index (χ4v) is 1.27. The van der Waals surface area contributed by atoms with Crippen LogP contribution in [0.5, 0.6) is 0 Å². The quantitative estimate of drug-likeness (QED) is 0.467. The molecule has 0 rings (SSSR count). The predicted octanol–water partition coefficient (Wildman–Crippen LogP) is 2.54. The molecule has 1 nitrogen and oxygen atoms in total. The van der Waals surface area contributed by atoms with Gasteiger partial charge in [-0.3, -0.25) is 0 Å². The van der Waals surface area contributed by atoms with Crippen LogP contribution in [0.1, 0.15) is 26.7 Å². The van der Waals surface area contributed by atoms with Crippen LogP contribution >= 0.6 is 0 Å². The fourth-order valence-electron chi connectivity index (χ4n) is 0.694. The van der Waals surface area contributed by atoms with E-state index in [1.807, 2.05) is 6.92 Å². The molecule has 10 heavy (non-hydrogen) atoms. The lowest BCUT2D eigenvalue weighted by Gasteiger charge is -2.11. The predicted molar refractivity (Wildman–Crippen MR) is 34.5 cm³/mol. The zero-order valence-corrected chi connectivity index (χ0v) is 7.03. The molecule has 0 aromatic carbocycles. The molecule has 5 heteroatoms. The summed E-state index contributed by atoms with van der Waals surface area (Å²) < 4.78 is 38.5. The first kappa shape index (κ1) is 9.97. The minimum absolute atomic E-state index is 0.479. The molecule has 0 N–H and O–H groups in total. The van der Waals surface area contributed by atoms with Crippen LogP contribution in [0.3, 0.4) is 0 Å². The second-order valence-corrected chi connectivity index (χ2v) is 3.29. The van der Waals surface area contributed by atoms with Gasteiger partial charge in [-0.05, 0) is 13.3 Å². The summed E-state index contributed by atoms with van der Waals surface area (Å²) >= 11 is 0. The highest BCUT2D eigenvalue weighted by molar-refractivity contribution is 6.51. The normalized spacial score (nSPS) is 15.3. The van der Waals surface area contributed by atoms with Crippen molar-refractivity contribution in [3.8, 4) is 0 Å². The van der Waals surface area contributed by atoms with Gasteiger partial charge in [0.05, 0.1) is 0 Å². The van der Waals surface area contributed by atoms with Crippen molar-refractivity contribution < 1.29 is 16.7 Å². The molecule has 0 aromatic heterocycles. The summed E-state index contributed by atoms with van der Waals surface area (Å²) in [6.07, 6.45) is 0.551. The van der Waals surface area contributed by atoms with E-state index in [2.05, 4.69) is 4.43 Å². The first-order valence-corrected chi connectivity index (χ1v) is 4.74. The van der Waals surface area contributed by atoms with Crippen LogP contribution in [0.25, 0.3) is 0 Å². The molecule has 62 valence electrons. The van der Waals surface area contributed by atoms with Crippen LogP contribution in [0.2, 0.25) is 0 Å². The lowest BCUT2D eigenvalue weighted by Crippen LogP contribution is -2.26. The van der Waals surface area contributed by atoms with Gasteiger partial charge in [-0.15, -0.1) is 0 Å². The first-order chi connectivity index (χ1) is 4.45. The van der Waals surface area contributed by atoms with E-state index in [9.17, 15) is 12.3 Å². The number of hydrogen-bond acceptors (Lipinski definition) is 1. The molecule has 0 aliphatic carbocycles. The molecule has 0 aliphatic heterocycles. The van der Waals surface area contributed by atoms with Crippen LogP contribution in [0.4, 0.5) is 12.3 Å². The monoisotopic (exact) mass is 172 g/mol. The summed E-state index contributed by atoms with van der Waals surface area (Å²) in [5.74, 6) is 0. The second-order valence-electron chi connectivity index (χ2n) is 2.16. The van der Waals surface area contributed by atoms with Crippen molar-refractivity contribution in [3.05, 3.63) is 0 Å². The van der Waals surface area contributed by atoms with Crippen molar-refractivity contribution in [2.45, 2.75) is 32.8 Å². The highest BCUT2D eigenvalue weighted by Crippen LogP contribution is 2.14. The third-order valence-electron chi connectivity index (χ3n) is 1.03. The molecular weight excluding hydrogens is 161 g/mol. The molecule has 0 saturated carbocycles. The Balaban J connectivity index is 3.47. The van der Waals surface area contributed by atoms with Crippen molar-refractivity contribution in [1.82, 2.24) is 0 Å². The molecule has 1 unspecified atom stereocenters. The van der Waals surface area contributed by atoms with Crippen LogP contribution < -0.4 is 0 Å². The zero-order chi connectivity index (χ0) is 8.20. The van der Waals surface area contributed by atoms with Gasteiger partial charge >= 0.3 is 9.32 Å². The van der Waals surface area contributed by atoms with Gasteiger partial charge in [-0.1, -0.05) is 13.3 Å². The third-order valence-corrected chi connectivity index (χ3v) is 1.70. The molecule has 0 spiro atoms. The Morgan fingerprint density at radius 2 is 1.90 bits per heavy atom. The zero-order valence-electron chi connectivity index (χ0n) is 6.03. The van der Waals surface area contributed by atoms with Gasteiger partial charge in [0.2, 0.25) is 0 Å². The topological polar surface area (TPSA) is 9.23 Å². The van der Waals surface area contributed by atoms with Gasteiger partial charge in [0, 0.05) is 6.10 Å². The smallest absolute Gasteiger partial charge is 0.339 e. The van der Waals surface area contributed by atoms with E-state index >= 15 is 0 Å². The summed E-state index contributed by atoms with van der Waals surface area (Å²) in [7, 11) is -5.76. The van der Waals surface area contributed by atoms with E-state index in [1.165, 1.54) is 6.92 Å². The van der Waals surface area contributed by atoms with Crippen LogP contribution in [-0.4, -0.2) is 15.4 Å². The lowest BCUT2D eigenvalue weighted by molar-refractivity contribution is 0.111. The molecule has 1 atom stereocenters. The van der Waals surface area contributed by atoms with E-state index in [-0.39, 0.29) is 0 Å². The molecule has 0 radical (unpaired) electrons. The average molecular weight is 172 g/mol. The molecule has 0 bridgehead atoms. The fraction of sp³-hybridized carbons (Fsp3) is 1.00. The Bertz CT molecular complexity index is 93.4. The summed E-state index contributed by atoms with van der Waals surface area (Å²) in [5.41, 5.74) is 0. The standard InChI is InChI=1S/C5H11F3OSi/c1-3-4-5(2)9-10(6,7)8/h5H,3-4H2,1-2H3. The minimum atomic E-state index is -5.76. The SMILES string of the molecule is CCCC(C)O[Si](F)(F)F. The average Bonchev–Trinajstić information content (AvgIpc) is 1.59. The van der Waals surface area contributed by atoms with E-state index < -0.39 is 15.4 Å². The maximum absolute atomic E-state index is 11.5. The Morgan fingerprint density at radius 3 is 2.20 bits per heavy atom. The maximum atomic E-state index is 11.5. The van der Waals surface area contributed by atoms with Crippen molar-refractivity contribution >= 4 is 9.32 Å².